The number of hydrogen-bond donors (Lipinski definition) is 1. The number of halogens is 1. The number of piperidine rings is 1. The molecule has 0 amide bonds. The summed E-state index contributed by atoms with van der Waals surface area (Å²) in [5.74, 6) is 0.887. The summed E-state index contributed by atoms with van der Waals surface area (Å²) in [5, 5.41) is 3.56. The summed E-state index contributed by atoms with van der Waals surface area (Å²) in [5.41, 5.74) is 0. The Bertz CT molecular complexity index is 365. The maximum Gasteiger partial charge on any atom is 0.281 e. The van der Waals surface area contributed by atoms with E-state index in [2.05, 4.69) is 5.32 Å². The van der Waals surface area contributed by atoms with E-state index in [0.29, 0.717) is 25.7 Å². The predicted molar refractivity (Wildman–Crippen MR) is 79.8 cm³/mol. The average Bonchev–Trinajstić information content (AvgIpc) is 3.20. The van der Waals surface area contributed by atoms with Crippen molar-refractivity contribution in [1.29, 1.82) is 0 Å². The molecule has 1 aliphatic heterocycles. The summed E-state index contributed by atoms with van der Waals surface area (Å²) in [7, 11) is -1.57. The van der Waals surface area contributed by atoms with Crippen molar-refractivity contribution in [3.63, 3.8) is 0 Å². The molecule has 0 bridgehead atoms. The van der Waals surface area contributed by atoms with Crippen LogP contribution in [0.5, 0.6) is 0 Å². The standard InChI is InChI=1S/C12H25N3O2S.ClH/c1-3-14(2)18(16,17)15-8-6-12(7-9-15)13-10-11-4-5-11;/h11-13H,3-10H2,1-2H3;1H. The molecule has 5 nitrogen and oxygen atoms in total. The van der Waals surface area contributed by atoms with Crippen molar-refractivity contribution in [3.8, 4) is 0 Å². The van der Waals surface area contributed by atoms with Gasteiger partial charge in [0.1, 0.15) is 0 Å². The SMILES string of the molecule is CCN(C)S(=O)(=O)N1CCC(NCC2CC2)CC1.Cl. The highest BCUT2D eigenvalue weighted by Crippen LogP contribution is 2.28. The fourth-order valence-electron chi connectivity index (χ4n) is 2.31. The topological polar surface area (TPSA) is 52.7 Å². The van der Waals surface area contributed by atoms with Crippen LogP contribution < -0.4 is 5.32 Å². The van der Waals surface area contributed by atoms with Gasteiger partial charge in [0.2, 0.25) is 0 Å². The number of nitrogens with one attached hydrogen (secondary N) is 1. The molecule has 7 heteroatoms. The van der Waals surface area contributed by atoms with Crippen LogP contribution in [0.3, 0.4) is 0 Å². The second kappa shape index (κ2) is 7.22. The molecule has 114 valence electrons. The lowest BCUT2D eigenvalue weighted by Crippen LogP contribution is -2.49. The molecular weight excluding hydrogens is 286 g/mol. The lowest BCUT2D eigenvalue weighted by Gasteiger charge is -2.33. The van der Waals surface area contributed by atoms with Gasteiger partial charge in [0.05, 0.1) is 0 Å². The Kier molecular flexibility index (Phi) is 6.53. The molecule has 1 N–H and O–H groups in total. The van der Waals surface area contributed by atoms with Crippen LogP contribution in [0.25, 0.3) is 0 Å². The fourth-order valence-corrected chi connectivity index (χ4v) is 3.70. The van der Waals surface area contributed by atoms with Crippen molar-refractivity contribution in [2.75, 3.05) is 33.2 Å². The van der Waals surface area contributed by atoms with Crippen LogP contribution in [-0.2, 0) is 10.2 Å². The molecule has 2 fully saturated rings. The van der Waals surface area contributed by atoms with E-state index in [1.54, 1.807) is 11.4 Å². The zero-order valence-corrected chi connectivity index (χ0v) is 13.5. The van der Waals surface area contributed by atoms with E-state index in [0.717, 1.165) is 25.3 Å². The molecule has 0 aromatic heterocycles. The van der Waals surface area contributed by atoms with E-state index in [1.807, 2.05) is 6.92 Å². The minimum atomic E-state index is -3.22. The van der Waals surface area contributed by atoms with E-state index in [-0.39, 0.29) is 12.4 Å². The quantitative estimate of drug-likeness (QED) is 0.798. The zero-order valence-electron chi connectivity index (χ0n) is 11.8. The molecule has 0 aromatic rings. The van der Waals surface area contributed by atoms with Gasteiger partial charge in [-0.1, -0.05) is 6.92 Å². The molecule has 0 unspecified atom stereocenters. The summed E-state index contributed by atoms with van der Waals surface area (Å²) >= 11 is 0. The second-order valence-electron chi connectivity index (χ2n) is 5.45. The van der Waals surface area contributed by atoms with Gasteiger partial charge >= 0.3 is 0 Å². The lowest BCUT2D eigenvalue weighted by molar-refractivity contribution is 0.273. The summed E-state index contributed by atoms with van der Waals surface area (Å²) in [4.78, 5) is 0. The van der Waals surface area contributed by atoms with Crippen LogP contribution in [0.15, 0.2) is 0 Å². The summed E-state index contributed by atoms with van der Waals surface area (Å²) < 4.78 is 27.3. The van der Waals surface area contributed by atoms with Gasteiger partial charge in [0.15, 0.2) is 0 Å². The Balaban J connectivity index is 0.00000180. The lowest BCUT2D eigenvalue weighted by atomic mass is 10.1. The normalized spacial score (nSPS) is 22.5. The molecule has 1 heterocycles. The molecule has 0 atom stereocenters. The highest BCUT2D eigenvalue weighted by Gasteiger charge is 2.31. The van der Waals surface area contributed by atoms with Crippen LogP contribution in [0.2, 0.25) is 0 Å². The molecule has 2 rings (SSSR count). The molecule has 2 aliphatic rings. The first-order valence-corrected chi connectivity index (χ1v) is 8.38. The number of hydrogen-bond acceptors (Lipinski definition) is 3. The van der Waals surface area contributed by atoms with Crippen molar-refractivity contribution < 1.29 is 8.42 Å². The Morgan fingerprint density at radius 1 is 1.21 bits per heavy atom. The first-order valence-electron chi connectivity index (χ1n) is 6.98. The fraction of sp³-hybridized carbons (Fsp3) is 1.00. The van der Waals surface area contributed by atoms with Gasteiger partial charge in [0, 0.05) is 32.7 Å². The number of nitrogens with zero attached hydrogens (tertiary/aromatic N) is 2. The predicted octanol–water partition coefficient (Wildman–Crippen LogP) is 1.07. The van der Waals surface area contributed by atoms with Crippen molar-refractivity contribution in [3.05, 3.63) is 0 Å². The van der Waals surface area contributed by atoms with Crippen molar-refractivity contribution in [2.45, 2.75) is 38.6 Å². The third-order valence-corrected chi connectivity index (χ3v) is 6.08. The maximum atomic E-state index is 12.1. The van der Waals surface area contributed by atoms with Gasteiger partial charge in [0.25, 0.3) is 10.2 Å². The van der Waals surface area contributed by atoms with E-state index in [9.17, 15) is 8.42 Å². The molecule has 1 saturated heterocycles. The highest BCUT2D eigenvalue weighted by molar-refractivity contribution is 7.86. The first kappa shape index (κ1) is 17.2. The Hall–Kier alpha value is 0.120. The van der Waals surface area contributed by atoms with Gasteiger partial charge in [-0.3, -0.25) is 0 Å². The minimum absolute atomic E-state index is 0. The van der Waals surface area contributed by atoms with Crippen molar-refractivity contribution in [2.24, 2.45) is 5.92 Å². The van der Waals surface area contributed by atoms with E-state index < -0.39 is 10.2 Å². The summed E-state index contributed by atoms with van der Waals surface area (Å²) in [6.45, 7) is 4.81. The smallest absolute Gasteiger partial charge is 0.281 e. The minimum Gasteiger partial charge on any atom is -0.314 e. The molecule has 1 saturated carbocycles. The largest absolute Gasteiger partial charge is 0.314 e. The monoisotopic (exact) mass is 311 g/mol. The molecular formula is C12H26ClN3O2S. The molecule has 19 heavy (non-hydrogen) atoms. The molecule has 0 spiro atoms. The Morgan fingerprint density at radius 3 is 2.26 bits per heavy atom. The zero-order chi connectivity index (χ0) is 13.2. The second-order valence-corrected chi connectivity index (χ2v) is 7.48. The van der Waals surface area contributed by atoms with E-state index in [4.69, 9.17) is 0 Å². The summed E-state index contributed by atoms with van der Waals surface area (Å²) in [6, 6.07) is 0.504. The maximum absolute atomic E-state index is 12.1. The van der Waals surface area contributed by atoms with Crippen LogP contribution in [0, 0.1) is 5.92 Å². The van der Waals surface area contributed by atoms with Crippen LogP contribution in [0.4, 0.5) is 0 Å². The molecule has 0 aromatic carbocycles. The third kappa shape index (κ3) is 4.56. The van der Waals surface area contributed by atoms with Crippen LogP contribution in [-0.4, -0.2) is 56.3 Å². The van der Waals surface area contributed by atoms with Gasteiger partial charge in [-0.05, 0) is 38.1 Å². The van der Waals surface area contributed by atoms with Gasteiger partial charge in [-0.25, -0.2) is 0 Å². The Labute approximate surface area is 123 Å². The van der Waals surface area contributed by atoms with Gasteiger partial charge in [-0.15, -0.1) is 12.4 Å². The molecule has 1 aliphatic carbocycles. The van der Waals surface area contributed by atoms with Crippen LogP contribution >= 0.6 is 12.4 Å². The van der Waals surface area contributed by atoms with Gasteiger partial charge in [-0.2, -0.15) is 17.0 Å². The van der Waals surface area contributed by atoms with Gasteiger partial charge < -0.3 is 5.32 Å². The van der Waals surface area contributed by atoms with Crippen molar-refractivity contribution >= 4 is 22.6 Å². The average molecular weight is 312 g/mol. The first-order chi connectivity index (χ1) is 8.54. The summed E-state index contributed by atoms with van der Waals surface area (Å²) in [6.07, 6.45) is 4.59. The number of rotatable bonds is 6. The van der Waals surface area contributed by atoms with Crippen molar-refractivity contribution in [1.82, 2.24) is 13.9 Å². The van der Waals surface area contributed by atoms with Crippen LogP contribution in [0.1, 0.15) is 32.6 Å². The van der Waals surface area contributed by atoms with E-state index in [1.165, 1.54) is 17.1 Å². The Morgan fingerprint density at radius 2 is 1.79 bits per heavy atom. The highest BCUT2D eigenvalue weighted by atomic mass is 35.5. The van der Waals surface area contributed by atoms with E-state index >= 15 is 0 Å². The third-order valence-electron chi connectivity index (χ3n) is 4.01. The molecule has 0 radical (unpaired) electrons.